The molecule has 6 nitrogen and oxygen atoms in total. The van der Waals surface area contributed by atoms with E-state index in [-0.39, 0.29) is 6.04 Å². The number of halogens is 2. The Kier molecular flexibility index (Phi) is 5.13. The van der Waals surface area contributed by atoms with E-state index < -0.39 is 18.5 Å². The summed E-state index contributed by atoms with van der Waals surface area (Å²) in [6.07, 6.45) is 2.47. The van der Waals surface area contributed by atoms with Gasteiger partial charge in [0.15, 0.2) is 0 Å². The molecule has 1 aliphatic heterocycles. The molecule has 2 aromatic heterocycles. The molecule has 1 aliphatic rings. The van der Waals surface area contributed by atoms with Crippen molar-refractivity contribution in [1.29, 1.82) is 0 Å². The molecular formula is C20H21F2N5O. The maximum Gasteiger partial charge on any atom is 0.261 e. The number of benzene rings is 1. The molecule has 3 heterocycles. The van der Waals surface area contributed by atoms with Crippen LogP contribution in [0.4, 0.5) is 8.78 Å². The Morgan fingerprint density at radius 2 is 2.04 bits per heavy atom. The van der Waals surface area contributed by atoms with Crippen molar-refractivity contribution in [2.45, 2.75) is 45.3 Å². The second-order valence-corrected chi connectivity index (χ2v) is 7.07. The van der Waals surface area contributed by atoms with Crippen molar-refractivity contribution >= 4 is 10.9 Å². The molecule has 3 aromatic rings. The summed E-state index contributed by atoms with van der Waals surface area (Å²) < 4.78 is 27.6. The maximum atomic E-state index is 13.2. The molecule has 4 rings (SSSR count). The molecule has 146 valence electrons. The lowest BCUT2D eigenvalue weighted by Crippen LogP contribution is -2.33. The quantitative estimate of drug-likeness (QED) is 0.675. The fraction of sp³-hybridized carbons (Fsp3) is 0.400. The Bertz CT molecular complexity index is 1030. The Labute approximate surface area is 160 Å². The van der Waals surface area contributed by atoms with E-state index in [0.717, 1.165) is 35.3 Å². The topological polar surface area (TPSA) is 63.9 Å². The molecule has 1 unspecified atom stereocenters. The highest BCUT2D eigenvalue weighted by Crippen LogP contribution is 2.32. The molecule has 1 fully saturated rings. The highest BCUT2D eigenvalue weighted by Gasteiger charge is 2.31. The first-order valence-corrected chi connectivity index (χ1v) is 9.32. The smallest absolute Gasteiger partial charge is 0.261 e. The molecule has 0 spiro atoms. The van der Waals surface area contributed by atoms with E-state index in [9.17, 15) is 13.6 Å². The zero-order chi connectivity index (χ0) is 19.7. The van der Waals surface area contributed by atoms with Crippen LogP contribution < -0.4 is 5.56 Å². The van der Waals surface area contributed by atoms with E-state index in [4.69, 9.17) is 0 Å². The van der Waals surface area contributed by atoms with Crippen molar-refractivity contribution in [3.63, 3.8) is 0 Å². The highest BCUT2D eigenvalue weighted by atomic mass is 19.3. The second kappa shape index (κ2) is 7.71. The summed E-state index contributed by atoms with van der Waals surface area (Å²) in [6, 6.07) is 6.68. The molecule has 1 aromatic carbocycles. The molecule has 0 bridgehead atoms. The van der Waals surface area contributed by atoms with E-state index in [0.29, 0.717) is 23.3 Å². The molecule has 0 aliphatic carbocycles. The van der Waals surface area contributed by atoms with Gasteiger partial charge in [-0.25, -0.2) is 13.8 Å². The minimum Gasteiger partial charge on any atom is -0.289 e. The van der Waals surface area contributed by atoms with Gasteiger partial charge in [0.1, 0.15) is 5.82 Å². The van der Waals surface area contributed by atoms with E-state index in [1.807, 2.05) is 6.92 Å². The standard InChI is InChI=1S/C20H21F2N5O/c1-13-9-24-14(10-23-13)11-26-8-4-7-17(26)19-25-16-6-3-2-5-15(16)20(28)27(19)12-18(21)22/h2-3,5-6,9-10,17-18H,4,7-8,11-12H2,1H3. The lowest BCUT2D eigenvalue weighted by atomic mass is 10.1. The molecule has 28 heavy (non-hydrogen) atoms. The van der Waals surface area contributed by atoms with Crippen molar-refractivity contribution in [3.05, 3.63) is 64.2 Å². The minimum atomic E-state index is -2.63. The summed E-state index contributed by atoms with van der Waals surface area (Å²) >= 11 is 0. The summed E-state index contributed by atoms with van der Waals surface area (Å²) in [6.45, 7) is 2.55. The number of hydrogen-bond acceptors (Lipinski definition) is 5. The van der Waals surface area contributed by atoms with Gasteiger partial charge < -0.3 is 0 Å². The predicted octanol–water partition coefficient (Wildman–Crippen LogP) is 3.10. The number of aromatic nitrogens is 4. The first-order valence-electron chi connectivity index (χ1n) is 9.32. The van der Waals surface area contributed by atoms with Crippen molar-refractivity contribution in [2.24, 2.45) is 0 Å². The van der Waals surface area contributed by atoms with Crippen molar-refractivity contribution in [2.75, 3.05) is 6.54 Å². The fourth-order valence-corrected chi connectivity index (χ4v) is 3.77. The first kappa shape index (κ1) is 18.6. The summed E-state index contributed by atoms with van der Waals surface area (Å²) in [7, 11) is 0. The summed E-state index contributed by atoms with van der Waals surface area (Å²) in [4.78, 5) is 28.3. The van der Waals surface area contributed by atoms with E-state index in [1.165, 1.54) is 0 Å². The third-order valence-electron chi connectivity index (χ3n) is 5.07. The van der Waals surface area contributed by atoms with E-state index in [1.54, 1.807) is 36.7 Å². The largest absolute Gasteiger partial charge is 0.289 e. The third kappa shape index (κ3) is 3.64. The summed E-state index contributed by atoms with van der Waals surface area (Å²) in [5, 5.41) is 0.362. The van der Waals surface area contributed by atoms with Gasteiger partial charge in [0, 0.05) is 18.9 Å². The second-order valence-electron chi connectivity index (χ2n) is 7.07. The van der Waals surface area contributed by atoms with E-state index in [2.05, 4.69) is 19.9 Å². The van der Waals surface area contributed by atoms with Crippen molar-refractivity contribution in [1.82, 2.24) is 24.4 Å². The summed E-state index contributed by atoms with van der Waals surface area (Å²) in [5.41, 5.74) is 1.77. The van der Waals surface area contributed by atoms with Crippen LogP contribution in [0.15, 0.2) is 41.5 Å². The van der Waals surface area contributed by atoms with Crippen LogP contribution in [-0.4, -0.2) is 37.4 Å². The van der Waals surface area contributed by atoms with Crippen LogP contribution in [0.2, 0.25) is 0 Å². The number of rotatable bonds is 5. The van der Waals surface area contributed by atoms with Gasteiger partial charge in [0.25, 0.3) is 12.0 Å². The van der Waals surface area contributed by atoms with Crippen LogP contribution in [0.1, 0.15) is 36.1 Å². The lowest BCUT2D eigenvalue weighted by Gasteiger charge is -2.26. The Morgan fingerprint density at radius 3 is 2.79 bits per heavy atom. The van der Waals surface area contributed by atoms with Gasteiger partial charge in [-0.1, -0.05) is 12.1 Å². The normalized spacial score (nSPS) is 17.6. The zero-order valence-corrected chi connectivity index (χ0v) is 15.6. The first-order chi connectivity index (χ1) is 13.5. The van der Waals surface area contributed by atoms with Crippen molar-refractivity contribution < 1.29 is 8.78 Å². The summed E-state index contributed by atoms with van der Waals surface area (Å²) in [5.74, 6) is 0.404. The number of alkyl halides is 2. The molecule has 0 saturated carbocycles. The van der Waals surface area contributed by atoms with Gasteiger partial charge in [-0.05, 0) is 38.4 Å². The molecule has 0 radical (unpaired) electrons. The van der Waals surface area contributed by atoms with Gasteiger partial charge in [-0.3, -0.25) is 24.2 Å². The zero-order valence-electron chi connectivity index (χ0n) is 15.6. The molecule has 0 amide bonds. The fourth-order valence-electron chi connectivity index (χ4n) is 3.77. The molecule has 1 saturated heterocycles. The van der Waals surface area contributed by atoms with Crippen LogP contribution in [-0.2, 0) is 13.1 Å². The number of likely N-dealkylation sites (tertiary alicyclic amines) is 1. The Hall–Kier alpha value is -2.74. The average Bonchev–Trinajstić information content (AvgIpc) is 3.13. The number of nitrogens with zero attached hydrogens (tertiary/aromatic N) is 5. The van der Waals surface area contributed by atoms with Crippen molar-refractivity contribution in [3.8, 4) is 0 Å². The maximum absolute atomic E-state index is 13.2. The number of fused-ring (bicyclic) bond motifs is 1. The average molecular weight is 385 g/mol. The van der Waals surface area contributed by atoms with Gasteiger partial charge in [0.05, 0.1) is 34.9 Å². The molecule has 1 atom stereocenters. The van der Waals surface area contributed by atoms with Crippen LogP contribution in [0.5, 0.6) is 0 Å². The monoisotopic (exact) mass is 385 g/mol. The Morgan fingerprint density at radius 1 is 1.21 bits per heavy atom. The van der Waals surface area contributed by atoms with Crippen LogP contribution >= 0.6 is 0 Å². The van der Waals surface area contributed by atoms with Gasteiger partial charge >= 0.3 is 0 Å². The molecular weight excluding hydrogens is 364 g/mol. The Balaban J connectivity index is 1.75. The van der Waals surface area contributed by atoms with Gasteiger partial charge in [0.2, 0.25) is 0 Å². The van der Waals surface area contributed by atoms with Crippen LogP contribution in [0, 0.1) is 6.92 Å². The predicted molar refractivity (Wildman–Crippen MR) is 101 cm³/mol. The number of aryl methyl sites for hydroxylation is 1. The minimum absolute atomic E-state index is 0.209. The lowest BCUT2D eigenvalue weighted by molar-refractivity contribution is 0.120. The molecule has 0 N–H and O–H groups in total. The highest BCUT2D eigenvalue weighted by molar-refractivity contribution is 5.77. The van der Waals surface area contributed by atoms with E-state index >= 15 is 0 Å². The van der Waals surface area contributed by atoms with Gasteiger partial charge in [-0.15, -0.1) is 0 Å². The van der Waals surface area contributed by atoms with Gasteiger partial charge in [-0.2, -0.15) is 0 Å². The van der Waals surface area contributed by atoms with Crippen LogP contribution in [0.3, 0.4) is 0 Å². The molecule has 8 heteroatoms. The SMILES string of the molecule is Cc1cnc(CN2CCCC2c2nc3ccccc3c(=O)n2CC(F)F)cn1. The number of hydrogen-bond donors (Lipinski definition) is 0. The third-order valence-corrected chi connectivity index (χ3v) is 5.07. The van der Waals surface area contributed by atoms with Crippen LogP contribution in [0.25, 0.3) is 10.9 Å². The number of para-hydroxylation sites is 1.